The molecule has 0 fully saturated rings. The fourth-order valence-corrected chi connectivity index (χ4v) is 2.25. The molecule has 0 amide bonds. The highest BCUT2D eigenvalue weighted by Crippen LogP contribution is 2.25. The highest BCUT2D eigenvalue weighted by Gasteiger charge is 2.10. The van der Waals surface area contributed by atoms with Crippen LogP contribution in [-0.2, 0) is 6.54 Å². The number of nitrogens with zero attached hydrogens (tertiary/aromatic N) is 2. The van der Waals surface area contributed by atoms with E-state index in [1.165, 1.54) is 6.07 Å². The molecule has 1 aromatic heterocycles. The molecule has 16 heavy (non-hydrogen) atoms. The summed E-state index contributed by atoms with van der Waals surface area (Å²) in [6.45, 7) is 0.779. The van der Waals surface area contributed by atoms with Gasteiger partial charge < -0.3 is 10.3 Å². The smallest absolute Gasteiger partial charge is 0.201 e. The van der Waals surface area contributed by atoms with Crippen molar-refractivity contribution in [2.45, 2.75) is 6.54 Å². The minimum Gasteiger partial charge on any atom is -0.369 e. The van der Waals surface area contributed by atoms with E-state index in [0.717, 1.165) is 17.8 Å². The van der Waals surface area contributed by atoms with Gasteiger partial charge in [-0.05, 0) is 28.3 Å². The Hall–Kier alpha value is -0.750. The Morgan fingerprint density at radius 1 is 1.56 bits per heavy atom. The predicted molar refractivity (Wildman–Crippen MR) is 70.2 cm³/mol. The summed E-state index contributed by atoms with van der Waals surface area (Å²) >= 11 is 4.90. The molecular formula is C10H11BrFN3S. The number of imidazole rings is 1. The summed E-state index contributed by atoms with van der Waals surface area (Å²) in [7, 11) is 0. The number of halogens is 2. The molecule has 0 aliphatic rings. The maximum Gasteiger partial charge on any atom is 0.201 e. The molecule has 1 heterocycles. The van der Waals surface area contributed by atoms with Crippen LogP contribution >= 0.6 is 27.7 Å². The van der Waals surface area contributed by atoms with Gasteiger partial charge in [0.15, 0.2) is 0 Å². The lowest BCUT2D eigenvalue weighted by molar-refractivity contribution is 0.622. The number of thioether (sulfide) groups is 1. The van der Waals surface area contributed by atoms with Crippen molar-refractivity contribution >= 4 is 44.7 Å². The standard InChI is InChI=1S/C10H11BrFN3S/c1-16-3-2-15-9-4-6(11)7(12)5-8(9)14-10(15)13/h4-5H,2-3H2,1H3,(H2,13,14). The number of fused-ring (bicyclic) bond motifs is 1. The third-order valence-electron chi connectivity index (χ3n) is 2.34. The average molecular weight is 304 g/mol. The fraction of sp³-hybridized carbons (Fsp3) is 0.300. The van der Waals surface area contributed by atoms with Crippen LogP contribution in [0.2, 0.25) is 0 Å². The van der Waals surface area contributed by atoms with Gasteiger partial charge in [0.25, 0.3) is 0 Å². The largest absolute Gasteiger partial charge is 0.369 e. The van der Waals surface area contributed by atoms with Crippen molar-refractivity contribution in [3.8, 4) is 0 Å². The van der Waals surface area contributed by atoms with E-state index in [-0.39, 0.29) is 5.82 Å². The fourth-order valence-electron chi connectivity index (χ4n) is 1.56. The maximum atomic E-state index is 13.3. The normalized spacial score (nSPS) is 11.2. The Kier molecular flexibility index (Phi) is 3.39. The van der Waals surface area contributed by atoms with E-state index in [0.29, 0.717) is 15.9 Å². The number of benzene rings is 1. The van der Waals surface area contributed by atoms with Crippen LogP contribution in [0.1, 0.15) is 0 Å². The molecule has 0 spiro atoms. The van der Waals surface area contributed by atoms with E-state index >= 15 is 0 Å². The van der Waals surface area contributed by atoms with Gasteiger partial charge in [0.05, 0.1) is 15.5 Å². The van der Waals surface area contributed by atoms with Crippen LogP contribution in [0.5, 0.6) is 0 Å². The van der Waals surface area contributed by atoms with Crippen molar-refractivity contribution in [2.75, 3.05) is 17.7 Å². The molecule has 0 aliphatic carbocycles. The van der Waals surface area contributed by atoms with Gasteiger partial charge in [0.2, 0.25) is 5.95 Å². The lowest BCUT2D eigenvalue weighted by Gasteiger charge is -2.05. The Balaban J connectivity index is 2.55. The number of anilines is 1. The number of nitrogens with two attached hydrogens (primary N) is 1. The number of hydrogen-bond acceptors (Lipinski definition) is 3. The van der Waals surface area contributed by atoms with Gasteiger partial charge in [-0.15, -0.1) is 0 Å². The van der Waals surface area contributed by atoms with Crippen molar-refractivity contribution in [3.05, 3.63) is 22.4 Å². The molecule has 0 saturated carbocycles. The summed E-state index contributed by atoms with van der Waals surface area (Å²) in [6.07, 6.45) is 2.03. The lowest BCUT2D eigenvalue weighted by atomic mass is 10.3. The first-order chi connectivity index (χ1) is 7.63. The molecule has 0 bridgehead atoms. The Labute approximate surface area is 105 Å². The SMILES string of the molecule is CSCCn1c(N)nc2cc(F)c(Br)cc21. The van der Waals surface area contributed by atoms with Gasteiger partial charge in [0, 0.05) is 18.4 Å². The Morgan fingerprint density at radius 2 is 2.31 bits per heavy atom. The average Bonchev–Trinajstić information content (AvgIpc) is 2.52. The van der Waals surface area contributed by atoms with Crippen LogP contribution in [0.4, 0.5) is 10.3 Å². The maximum absolute atomic E-state index is 13.3. The van der Waals surface area contributed by atoms with Gasteiger partial charge >= 0.3 is 0 Å². The van der Waals surface area contributed by atoms with Crippen molar-refractivity contribution < 1.29 is 4.39 Å². The van der Waals surface area contributed by atoms with Gasteiger partial charge in [-0.2, -0.15) is 11.8 Å². The molecule has 2 aromatic rings. The van der Waals surface area contributed by atoms with Gasteiger partial charge in [0.1, 0.15) is 5.82 Å². The van der Waals surface area contributed by atoms with E-state index < -0.39 is 0 Å². The van der Waals surface area contributed by atoms with Gasteiger partial charge in [-0.3, -0.25) is 0 Å². The molecule has 0 aliphatic heterocycles. The molecule has 0 radical (unpaired) electrons. The summed E-state index contributed by atoms with van der Waals surface area (Å²) < 4.78 is 15.6. The van der Waals surface area contributed by atoms with E-state index in [4.69, 9.17) is 5.73 Å². The van der Waals surface area contributed by atoms with Gasteiger partial charge in [-0.25, -0.2) is 9.37 Å². The first-order valence-corrected chi connectivity index (χ1v) is 6.92. The molecule has 86 valence electrons. The second-order valence-corrected chi connectivity index (χ2v) is 5.21. The van der Waals surface area contributed by atoms with Crippen LogP contribution in [0.15, 0.2) is 16.6 Å². The molecule has 6 heteroatoms. The van der Waals surface area contributed by atoms with E-state index in [1.54, 1.807) is 17.8 Å². The number of aryl methyl sites for hydroxylation is 1. The van der Waals surface area contributed by atoms with Crippen molar-refractivity contribution in [1.29, 1.82) is 0 Å². The molecule has 1 aromatic carbocycles. The first kappa shape index (κ1) is 11.7. The van der Waals surface area contributed by atoms with Crippen molar-refractivity contribution in [2.24, 2.45) is 0 Å². The number of aromatic nitrogens is 2. The zero-order valence-corrected chi connectivity index (χ0v) is 11.1. The summed E-state index contributed by atoms with van der Waals surface area (Å²) in [5.74, 6) is 1.06. The zero-order valence-electron chi connectivity index (χ0n) is 8.70. The molecular weight excluding hydrogens is 293 g/mol. The summed E-state index contributed by atoms with van der Waals surface area (Å²) in [4.78, 5) is 4.14. The minimum atomic E-state index is -0.318. The second kappa shape index (κ2) is 4.63. The molecule has 2 N–H and O–H groups in total. The van der Waals surface area contributed by atoms with E-state index in [1.807, 2.05) is 10.8 Å². The monoisotopic (exact) mass is 303 g/mol. The quantitative estimate of drug-likeness (QED) is 0.948. The Bertz CT molecular complexity index is 526. The zero-order chi connectivity index (χ0) is 11.7. The van der Waals surface area contributed by atoms with E-state index in [2.05, 4.69) is 20.9 Å². The number of rotatable bonds is 3. The van der Waals surface area contributed by atoms with E-state index in [9.17, 15) is 4.39 Å². The summed E-state index contributed by atoms with van der Waals surface area (Å²) in [6, 6.07) is 3.11. The molecule has 0 atom stereocenters. The predicted octanol–water partition coefficient (Wildman–Crippen LogP) is 2.88. The molecule has 0 saturated heterocycles. The van der Waals surface area contributed by atoms with Crippen molar-refractivity contribution in [1.82, 2.24) is 9.55 Å². The minimum absolute atomic E-state index is 0.318. The van der Waals surface area contributed by atoms with Crippen LogP contribution in [-0.4, -0.2) is 21.6 Å². The van der Waals surface area contributed by atoms with Crippen LogP contribution < -0.4 is 5.73 Å². The van der Waals surface area contributed by atoms with Crippen LogP contribution in [0.25, 0.3) is 11.0 Å². The first-order valence-electron chi connectivity index (χ1n) is 4.73. The molecule has 3 nitrogen and oxygen atoms in total. The third kappa shape index (κ3) is 2.04. The highest BCUT2D eigenvalue weighted by molar-refractivity contribution is 9.10. The Morgan fingerprint density at radius 3 is 3.00 bits per heavy atom. The summed E-state index contributed by atoms with van der Waals surface area (Å²) in [5, 5.41) is 0. The summed E-state index contributed by atoms with van der Waals surface area (Å²) in [5.41, 5.74) is 7.26. The van der Waals surface area contributed by atoms with Gasteiger partial charge in [-0.1, -0.05) is 0 Å². The topological polar surface area (TPSA) is 43.8 Å². The highest BCUT2D eigenvalue weighted by atomic mass is 79.9. The third-order valence-corrected chi connectivity index (χ3v) is 3.54. The van der Waals surface area contributed by atoms with Crippen LogP contribution in [0, 0.1) is 5.82 Å². The molecule has 2 rings (SSSR count). The molecule has 0 unspecified atom stereocenters. The van der Waals surface area contributed by atoms with Crippen LogP contribution in [0.3, 0.4) is 0 Å². The number of hydrogen-bond donors (Lipinski definition) is 1. The van der Waals surface area contributed by atoms with Crippen molar-refractivity contribution in [3.63, 3.8) is 0 Å². The second-order valence-electron chi connectivity index (χ2n) is 3.37. The number of nitrogen functional groups attached to an aromatic ring is 1. The lowest BCUT2D eigenvalue weighted by Crippen LogP contribution is -2.04.